The Hall–Kier alpha value is -2.63. The molecule has 4 rings (SSSR count). The highest BCUT2D eigenvalue weighted by molar-refractivity contribution is 5.85. The second-order valence-electron chi connectivity index (χ2n) is 6.26. The molecule has 24 heavy (non-hydrogen) atoms. The zero-order chi connectivity index (χ0) is 16.7. The van der Waals surface area contributed by atoms with Crippen molar-refractivity contribution < 1.29 is 13.9 Å². The number of fused-ring (bicyclic) bond motifs is 1. The van der Waals surface area contributed by atoms with Crippen LogP contribution in [0.25, 0.3) is 11.1 Å². The highest BCUT2D eigenvalue weighted by atomic mass is 19.1. The summed E-state index contributed by atoms with van der Waals surface area (Å²) in [6, 6.07) is 6.80. The number of halogens is 1. The van der Waals surface area contributed by atoms with E-state index in [4.69, 9.17) is 4.74 Å². The number of aromatic nitrogens is 1. The highest BCUT2D eigenvalue weighted by Crippen LogP contribution is 2.39. The lowest BCUT2D eigenvalue weighted by Gasteiger charge is -2.22. The van der Waals surface area contributed by atoms with Crippen molar-refractivity contribution in [3.8, 4) is 16.9 Å². The number of aldehydes is 1. The maximum absolute atomic E-state index is 14.0. The van der Waals surface area contributed by atoms with E-state index in [0.717, 1.165) is 29.6 Å². The van der Waals surface area contributed by atoms with E-state index in [1.165, 1.54) is 26.0 Å². The maximum Gasteiger partial charge on any atom is 0.165 e. The summed E-state index contributed by atoms with van der Waals surface area (Å²) in [5.74, 6) is 1.15. The summed E-state index contributed by atoms with van der Waals surface area (Å²) < 4.78 is 18.9. The fourth-order valence-corrected chi connectivity index (χ4v) is 3.05. The monoisotopic (exact) mass is 327 g/mol. The third kappa shape index (κ3) is 2.58. The summed E-state index contributed by atoms with van der Waals surface area (Å²) in [6.07, 6.45) is 4.62. The Labute approximate surface area is 139 Å². The molecule has 0 amide bonds. The van der Waals surface area contributed by atoms with E-state index in [0.29, 0.717) is 11.7 Å². The van der Waals surface area contributed by atoms with Gasteiger partial charge in [-0.2, -0.15) is 0 Å². The quantitative estimate of drug-likeness (QED) is 0.856. The predicted octanol–water partition coefficient (Wildman–Crippen LogP) is 3.06. The van der Waals surface area contributed by atoms with E-state index in [-0.39, 0.29) is 11.9 Å². The number of carbonyl (C=O) groups excluding carboxylic acids is 1. The second-order valence-corrected chi connectivity index (χ2v) is 6.26. The Morgan fingerprint density at radius 1 is 1.38 bits per heavy atom. The number of methoxy groups -OCH3 is 1. The summed E-state index contributed by atoms with van der Waals surface area (Å²) in [5.41, 5.74) is 2.43. The lowest BCUT2D eigenvalue weighted by molar-refractivity contribution is -0.108. The Balaban J connectivity index is 1.70. The molecule has 6 heteroatoms. The number of carbonyl (C=O) groups is 1. The van der Waals surface area contributed by atoms with Gasteiger partial charge in [0.15, 0.2) is 29.8 Å². The minimum Gasteiger partial charge on any atom is -0.494 e. The standard InChI is InChI=1S/C18H18FN3O2/c1-24-16-5-4-12(6-14(16)19)13-7-15-18(20-8-13)21-17(10-23)22(15)9-11-2-3-11/h4-8,10-11,17H,2-3,9H2,1H3,(H,20,21). The SMILES string of the molecule is COc1ccc(-c2cnc3c(c2)N(CC2CC2)C(C=O)N3)cc1F. The average molecular weight is 327 g/mol. The lowest BCUT2D eigenvalue weighted by atomic mass is 10.1. The second kappa shape index (κ2) is 5.78. The molecular formula is C18H18FN3O2. The van der Waals surface area contributed by atoms with Crippen LogP contribution < -0.4 is 15.0 Å². The number of ether oxygens (including phenoxy) is 1. The fourth-order valence-electron chi connectivity index (χ4n) is 3.05. The van der Waals surface area contributed by atoms with Gasteiger partial charge in [0.1, 0.15) is 0 Å². The van der Waals surface area contributed by atoms with Crippen LogP contribution in [-0.4, -0.2) is 31.1 Å². The van der Waals surface area contributed by atoms with Crippen molar-refractivity contribution in [2.75, 3.05) is 23.9 Å². The van der Waals surface area contributed by atoms with E-state index < -0.39 is 5.82 Å². The topological polar surface area (TPSA) is 54.5 Å². The van der Waals surface area contributed by atoms with Gasteiger partial charge >= 0.3 is 0 Å². The molecule has 2 aliphatic rings. The number of nitrogens with one attached hydrogen (secondary N) is 1. The van der Waals surface area contributed by atoms with E-state index in [1.807, 2.05) is 6.07 Å². The van der Waals surface area contributed by atoms with Crippen LogP contribution in [0.15, 0.2) is 30.5 Å². The van der Waals surface area contributed by atoms with Crippen LogP contribution in [0.3, 0.4) is 0 Å². The predicted molar refractivity (Wildman–Crippen MR) is 89.7 cm³/mol. The van der Waals surface area contributed by atoms with Gasteiger partial charge < -0.3 is 15.0 Å². The molecule has 1 N–H and O–H groups in total. The average Bonchev–Trinajstić information content (AvgIpc) is 3.35. The number of rotatable bonds is 5. The van der Waals surface area contributed by atoms with Crippen molar-refractivity contribution in [2.24, 2.45) is 5.92 Å². The molecule has 1 saturated carbocycles. The zero-order valence-electron chi connectivity index (χ0n) is 13.3. The number of pyridine rings is 1. The van der Waals surface area contributed by atoms with E-state index >= 15 is 0 Å². The number of benzene rings is 1. The summed E-state index contributed by atoms with van der Waals surface area (Å²) in [6.45, 7) is 0.839. The minimum absolute atomic E-state index is 0.214. The molecule has 1 fully saturated rings. The van der Waals surface area contributed by atoms with Crippen molar-refractivity contribution in [3.05, 3.63) is 36.3 Å². The van der Waals surface area contributed by atoms with Crippen LogP contribution >= 0.6 is 0 Å². The van der Waals surface area contributed by atoms with Crippen molar-refractivity contribution in [1.29, 1.82) is 0 Å². The molecular weight excluding hydrogens is 309 g/mol. The lowest BCUT2D eigenvalue weighted by Crippen LogP contribution is -2.38. The summed E-state index contributed by atoms with van der Waals surface area (Å²) in [7, 11) is 1.44. The van der Waals surface area contributed by atoms with Crippen molar-refractivity contribution in [1.82, 2.24) is 4.98 Å². The van der Waals surface area contributed by atoms with Crippen molar-refractivity contribution >= 4 is 17.8 Å². The molecule has 1 aliphatic heterocycles. The first-order chi connectivity index (χ1) is 11.7. The van der Waals surface area contributed by atoms with Crippen LogP contribution in [0.1, 0.15) is 12.8 Å². The van der Waals surface area contributed by atoms with Crippen LogP contribution in [0.4, 0.5) is 15.9 Å². The highest BCUT2D eigenvalue weighted by Gasteiger charge is 2.34. The first-order valence-corrected chi connectivity index (χ1v) is 8.02. The minimum atomic E-state index is -0.408. The van der Waals surface area contributed by atoms with Gasteiger partial charge in [-0.15, -0.1) is 0 Å². The van der Waals surface area contributed by atoms with E-state index in [2.05, 4.69) is 15.2 Å². The van der Waals surface area contributed by atoms with Gasteiger partial charge in [0.2, 0.25) is 0 Å². The van der Waals surface area contributed by atoms with Gasteiger partial charge in [0.25, 0.3) is 0 Å². The Morgan fingerprint density at radius 3 is 2.88 bits per heavy atom. The molecule has 0 spiro atoms. The molecule has 0 bridgehead atoms. The molecule has 2 heterocycles. The Kier molecular flexibility index (Phi) is 3.59. The molecule has 1 aromatic heterocycles. The molecule has 1 aliphatic carbocycles. The first kappa shape index (κ1) is 14.9. The molecule has 2 aromatic rings. The number of nitrogens with zero attached hydrogens (tertiary/aromatic N) is 2. The molecule has 5 nitrogen and oxygen atoms in total. The van der Waals surface area contributed by atoms with Gasteiger partial charge in [-0.3, -0.25) is 4.79 Å². The van der Waals surface area contributed by atoms with E-state index in [9.17, 15) is 9.18 Å². The smallest absolute Gasteiger partial charge is 0.165 e. The third-order valence-corrected chi connectivity index (χ3v) is 4.56. The van der Waals surface area contributed by atoms with Crippen LogP contribution in [0.2, 0.25) is 0 Å². The molecule has 1 atom stereocenters. The normalized spacial score (nSPS) is 18.9. The Bertz CT molecular complexity index is 792. The number of hydrogen-bond acceptors (Lipinski definition) is 5. The molecule has 1 unspecified atom stereocenters. The third-order valence-electron chi connectivity index (χ3n) is 4.56. The van der Waals surface area contributed by atoms with Crippen LogP contribution in [0, 0.1) is 11.7 Å². The van der Waals surface area contributed by atoms with Gasteiger partial charge in [0.05, 0.1) is 12.8 Å². The Morgan fingerprint density at radius 2 is 2.21 bits per heavy atom. The molecule has 124 valence electrons. The van der Waals surface area contributed by atoms with E-state index in [1.54, 1.807) is 18.3 Å². The molecule has 0 saturated heterocycles. The largest absolute Gasteiger partial charge is 0.494 e. The fraction of sp³-hybridized carbons (Fsp3) is 0.333. The zero-order valence-corrected chi connectivity index (χ0v) is 13.3. The van der Waals surface area contributed by atoms with Crippen LogP contribution in [-0.2, 0) is 4.79 Å². The van der Waals surface area contributed by atoms with Crippen LogP contribution in [0.5, 0.6) is 5.75 Å². The summed E-state index contributed by atoms with van der Waals surface area (Å²) >= 11 is 0. The van der Waals surface area contributed by atoms with Gasteiger partial charge in [-0.25, -0.2) is 9.37 Å². The van der Waals surface area contributed by atoms with Gasteiger partial charge in [-0.05, 0) is 42.5 Å². The number of hydrogen-bond donors (Lipinski definition) is 1. The first-order valence-electron chi connectivity index (χ1n) is 8.02. The van der Waals surface area contributed by atoms with Gasteiger partial charge in [0, 0.05) is 18.3 Å². The summed E-state index contributed by atoms with van der Waals surface area (Å²) in [4.78, 5) is 17.8. The van der Waals surface area contributed by atoms with Gasteiger partial charge in [-0.1, -0.05) is 6.07 Å². The van der Waals surface area contributed by atoms with Crippen molar-refractivity contribution in [3.63, 3.8) is 0 Å². The number of anilines is 2. The summed E-state index contributed by atoms with van der Waals surface area (Å²) in [5, 5.41) is 3.13. The maximum atomic E-state index is 14.0. The van der Waals surface area contributed by atoms with Crippen molar-refractivity contribution in [2.45, 2.75) is 19.0 Å². The molecule has 0 radical (unpaired) electrons. The molecule has 1 aromatic carbocycles.